The van der Waals surface area contributed by atoms with Crippen molar-refractivity contribution in [2.45, 2.75) is 5.75 Å². The number of nitrogens with one attached hydrogen (secondary N) is 2. The zero-order valence-electron chi connectivity index (χ0n) is 14.3. The Bertz CT molecular complexity index is 915. The number of benzene rings is 2. The normalized spacial score (nSPS) is 11.6. The van der Waals surface area contributed by atoms with Gasteiger partial charge in [0.25, 0.3) is 5.91 Å². The molecule has 0 radical (unpaired) electrons. The van der Waals surface area contributed by atoms with Crippen molar-refractivity contribution < 1.29 is 9.00 Å². The van der Waals surface area contributed by atoms with Gasteiger partial charge in [0.05, 0.1) is 5.75 Å². The van der Waals surface area contributed by atoms with E-state index in [1.807, 2.05) is 48.5 Å². The average Bonchev–Trinajstić information content (AvgIpc) is 2.68. The van der Waals surface area contributed by atoms with Gasteiger partial charge in [-0.1, -0.05) is 36.4 Å². The fourth-order valence-electron chi connectivity index (χ4n) is 2.60. The number of hydrogen-bond donors (Lipinski definition) is 2. The molecule has 26 heavy (non-hydrogen) atoms. The number of nitrogens with zero attached hydrogens (tertiary/aromatic N) is 1. The van der Waals surface area contributed by atoms with Crippen LogP contribution in [0.2, 0.25) is 0 Å². The summed E-state index contributed by atoms with van der Waals surface area (Å²) in [5, 5.41) is 2.66. The summed E-state index contributed by atoms with van der Waals surface area (Å²) in [6.45, 7) is 0. The van der Waals surface area contributed by atoms with E-state index in [4.69, 9.17) is 0 Å². The first-order valence-electron chi connectivity index (χ1n) is 8.13. The largest absolute Gasteiger partial charge is 0.355 e. The third-order valence-electron chi connectivity index (χ3n) is 3.83. The quantitative estimate of drug-likeness (QED) is 0.703. The van der Waals surface area contributed by atoms with E-state index in [1.54, 1.807) is 31.6 Å². The minimum absolute atomic E-state index is 0.160. The minimum atomic E-state index is -1.30. The predicted molar refractivity (Wildman–Crippen MR) is 105 cm³/mol. The van der Waals surface area contributed by atoms with Crippen LogP contribution in [0.1, 0.15) is 15.9 Å². The zero-order valence-corrected chi connectivity index (χ0v) is 15.1. The fraction of sp³-hybridized carbons (Fsp3) is 0.100. The van der Waals surface area contributed by atoms with E-state index in [-0.39, 0.29) is 5.91 Å². The van der Waals surface area contributed by atoms with Crippen LogP contribution < -0.4 is 10.0 Å². The highest BCUT2D eigenvalue weighted by Gasteiger charge is 2.13. The van der Waals surface area contributed by atoms with Crippen molar-refractivity contribution in [1.29, 1.82) is 0 Å². The summed E-state index contributed by atoms with van der Waals surface area (Å²) in [4.78, 5) is 16.2. The lowest BCUT2D eigenvalue weighted by Crippen LogP contribution is -2.19. The van der Waals surface area contributed by atoms with E-state index in [0.29, 0.717) is 17.0 Å². The Balaban J connectivity index is 1.87. The summed E-state index contributed by atoms with van der Waals surface area (Å²) >= 11 is 0. The van der Waals surface area contributed by atoms with Crippen molar-refractivity contribution in [2.75, 3.05) is 11.8 Å². The molecule has 2 N–H and O–H groups in total. The zero-order chi connectivity index (χ0) is 18.4. The molecule has 2 aromatic carbocycles. The number of carbonyl (C=O) groups excluding carboxylic acids is 1. The lowest BCUT2D eigenvalue weighted by Gasteiger charge is -2.12. The lowest BCUT2D eigenvalue weighted by molar-refractivity contribution is 0.0964. The average molecular weight is 365 g/mol. The number of anilines is 1. The van der Waals surface area contributed by atoms with Gasteiger partial charge in [-0.3, -0.25) is 9.78 Å². The van der Waals surface area contributed by atoms with Gasteiger partial charge in [0, 0.05) is 30.7 Å². The van der Waals surface area contributed by atoms with E-state index >= 15 is 0 Å². The summed E-state index contributed by atoms with van der Waals surface area (Å²) in [6, 6.07) is 18.7. The summed E-state index contributed by atoms with van der Waals surface area (Å²) in [7, 11) is 0.307. The molecule has 0 saturated heterocycles. The standard InChI is InChI=1S/C20H19N3O2S/c1-21-20(24)18-10-9-17(12-19(18)16-7-3-2-4-8-16)23-26(25)14-15-6-5-11-22-13-15/h2-13,23H,14H2,1H3,(H,21,24). The summed E-state index contributed by atoms with van der Waals surface area (Å²) in [5.41, 5.74) is 3.87. The molecule has 1 unspecified atom stereocenters. The van der Waals surface area contributed by atoms with Gasteiger partial charge in [-0.25, -0.2) is 4.21 Å². The number of amides is 1. The van der Waals surface area contributed by atoms with Crippen molar-refractivity contribution in [3.63, 3.8) is 0 Å². The van der Waals surface area contributed by atoms with E-state index in [1.165, 1.54) is 0 Å². The second kappa shape index (κ2) is 8.40. The van der Waals surface area contributed by atoms with Crippen LogP contribution in [-0.2, 0) is 16.7 Å². The highest BCUT2D eigenvalue weighted by molar-refractivity contribution is 7.85. The third kappa shape index (κ3) is 4.34. The number of pyridine rings is 1. The minimum Gasteiger partial charge on any atom is -0.355 e. The molecule has 0 saturated carbocycles. The molecule has 1 atom stereocenters. The highest BCUT2D eigenvalue weighted by atomic mass is 32.2. The first-order valence-corrected chi connectivity index (χ1v) is 9.45. The Labute approximate surface area is 155 Å². The van der Waals surface area contributed by atoms with Gasteiger partial charge in [-0.15, -0.1) is 0 Å². The van der Waals surface area contributed by atoms with Gasteiger partial charge in [0.15, 0.2) is 0 Å². The maximum absolute atomic E-state index is 12.4. The predicted octanol–water partition coefficient (Wildman–Crippen LogP) is 3.38. The molecule has 1 amide bonds. The molecule has 0 bridgehead atoms. The Morgan fingerprint density at radius 1 is 1.08 bits per heavy atom. The lowest BCUT2D eigenvalue weighted by atomic mass is 9.98. The van der Waals surface area contributed by atoms with Gasteiger partial charge >= 0.3 is 0 Å². The van der Waals surface area contributed by atoms with Crippen LogP contribution in [0.4, 0.5) is 5.69 Å². The molecule has 1 heterocycles. The monoisotopic (exact) mass is 365 g/mol. The van der Waals surface area contributed by atoms with Gasteiger partial charge in [0.1, 0.15) is 11.0 Å². The van der Waals surface area contributed by atoms with Crippen molar-refractivity contribution in [3.05, 3.63) is 84.2 Å². The highest BCUT2D eigenvalue weighted by Crippen LogP contribution is 2.27. The molecule has 0 fully saturated rings. The number of carbonyl (C=O) groups is 1. The van der Waals surface area contributed by atoms with Gasteiger partial charge in [-0.05, 0) is 41.0 Å². The summed E-state index contributed by atoms with van der Waals surface area (Å²) in [5.74, 6) is 0.193. The van der Waals surface area contributed by atoms with Crippen LogP contribution in [0.15, 0.2) is 73.1 Å². The molecule has 5 nitrogen and oxygen atoms in total. The van der Waals surface area contributed by atoms with Crippen molar-refractivity contribution >= 4 is 22.6 Å². The molecule has 0 aliphatic heterocycles. The Morgan fingerprint density at radius 3 is 2.58 bits per heavy atom. The Hall–Kier alpha value is -2.99. The molecule has 0 spiro atoms. The third-order valence-corrected chi connectivity index (χ3v) is 4.89. The maximum atomic E-state index is 12.4. The molecule has 132 valence electrons. The van der Waals surface area contributed by atoms with Crippen LogP contribution in [0.25, 0.3) is 11.1 Å². The molecule has 3 aromatic rings. The van der Waals surface area contributed by atoms with Crippen LogP contribution in [-0.4, -0.2) is 22.1 Å². The Kier molecular flexibility index (Phi) is 5.76. The molecule has 1 aromatic heterocycles. The summed E-state index contributed by atoms with van der Waals surface area (Å²) < 4.78 is 15.4. The summed E-state index contributed by atoms with van der Waals surface area (Å²) in [6.07, 6.45) is 3.38. The van der Waals surface area contributed by atoms with Crippen molar-refractivity contribution in [1.82, 2.24) is 10.3 Å². The fourth-order valence-corrected chi connectivity index (χ4v) is 3.53. The van der Waals surface area contributed by atoms with Crippen LogP contribution >= 0.6 is 0 Å². The van der Waals surface area contributed by atoms with Crippen LogP contribution in [0, 0.1) is 0 Å². The topological polar surface area (TPSA) is 71.1 Å². The Morgan fingerprint density at radius 2 is 1.88 bits per heavy atom. The second-order valence-electron chi connectivity index (χ2n) is 5.66. The molecule has 3 rings (SSSR count). The van der Waals surface area contributed by atoms with Gasteiger partial charge in [-0.2, -0.15) is 0 Å². The first-order chi connectivity index (χ1) is 12.7. The van der Waals surface area contributed by atoms with E-state index < -0.39 is 11.0 Å². The smallest absolute Gasteiger partial charge is 0.251 e. The van der Waals surface area contributed by atoms with Crippen LogP contribution in [0.5, 0.6) is 0 Å². The molecule has 0 aliphatic carbocycles. The van der Waals surface area contributed by atoms with Crippen molar-refractivity contribution in [3.8, 4) is 11.1 Å². The number of hydrogen-bond acceptors (Lipinski definition) is 3. The maximum Gasteiger partial charge on any atom is 0.251 e. The van der Waals surface area contributed by atoms with Gasteiger partial charge in [0.2, 0.25) is 0 Å². The van der Waals surface area contributed by atoms with E-state index in [0.717, 1.165) is 16.7 Å². The van der Waals surface area contributed by atoms with Crippen molar-refractivity contribution in [2.24, 2.45) is 0 Å². The number of rotatable bonds is 6. The molecule has 6 heteroatoms. The van der Waals surface area contributed by atoms with Crippen LogP contribution in [0.3, 0.4) is 0 Å². The molecular weight excluding hydrogens is 346 g/mol. The molecular formula is C20H19N3O2S. The first kappa shape index (κ1) is 17.8. The SMILES string of the molecule is CNC(=O)c1ccc(NS(=O)Cc2cccnc2)cc1-c1ccccc1. The van der Waals surface area contributed by atoms with E-state index in [9.17, 15) is 9.00 Å². The number of aromatic nitrogens is 1. The van der Waals surface area contributed by atoms with Gasteiger partial charge < -0.3 is 10.0 Å². The van der Waals surface area contributed by atoms with E-state index in [2.05, 4.69) is 15.0 Å². The molecule has 0 aliphatic rings. The second-order valence-corrected chi connectivity index (χ2v) is 6.84.